The molecular weight excluding hydrogens is 340 g/mol. The monoisotopic (exact) mass is 360 g/mol. The maximum absolute atomic E-state index is 12.3. The molecule has 0 aliphatic carbocycles. The van der Waals surface area contributed by atoms with Crippen molar-refractivity contribution in [1.82, 2.24) is 10.9 Å². The number of unbranched alkanes of at least 4 members (excludes halogenated alkanes) is 2. The Balaban J connectivity index is 1.94. The van der Waals surface area contributed by atoms with E-state index < -0.39 is 11.8 Å². The Morgan fingerprint density at radius 3 is 2.36 bits per heavy atom. The Morgan fingerprint density at radius 1 is 0.960 bits per heavy atom. The van der Waals surface area contributed by atoms with Crippen LogP contribution in [-0.4, -0.2) is 18.4 Å². The van der Waals surface area contributed by atoms with Crippen LogP contribution in [0.3, 0.4) is 0 Å². The Kier molecular flexibility index (Phi) is 7.29. The van der Waals surface area contributed by atoms with Crippen LogP contribution in [0.5, 0.6) is 5.75 Å². The van der Waals surface area contributed by atoms with E-state index in [9.17, 15) is 9.59 Å². The molecule has 0 heterocycles. The molecule has 25 heavy (non-hydrogen) atoms. The zero-order valence-electron chi connectivity index (χ0n) is 14.0. The van der Waals surface area contributed by atoms with Crippen molar-refractivity contribution in [3.63, 3.8) is 0 Å². The number of hydrogen-bond acceptors (Lipinski definition) is 3. The van der Waals surface area contributed by atoms with Gasteiger partial charge in [-0.3, -0.25) is 20.4 Å². The molecule has 0 unspecified atom stereocenters. The highest BCUT2D eigenvalue weighted by molar-refractivity contribution is 6.30. The van der Waals surface area contributed by atoms with Crippen molar-refractivity contribution in [2.45, 2.75) is 26.2 Å². The van der Waals surface area contributed by atoms with Crippen LogP contribution in [0, 0.1) is 0 Å². The van der Waals surface area contributed by atoms with Gasteiger partial charge in [-0.25, -0.2) is 0 Å². The lowest BCUT2D eigenvalue weighted by molar-refractivity contribution is 0.0844. The first-order valence-electron chi connectivity index (χ1n) is 8.20. The van der Waals surface area contributed by atoms with Crippen LogP contribution in [0.2, 0.25) is 5.02 Å². The first-order chi connectivity index (χ1) is 12.1. The van der Waals surface area contributed by atoms with Gasteiger partial charge in [0.1, 0.15) is 5.75 Å². The molecule has 5 nitrogen and oxygen atoms in total. The van der Waals surface area contributed by atoms with Crippen LogP contribution in [0.1, 0.15) is 46.9 Å². The molecule has 2 aromatic rings. The van der Waals surface area contributed by atoms with Gasteiger partial charge in [0.2, 0.25) is 0 Å². The smallest absolute Gasteiger partial charge is 0.273 e. The fourth-order valence-electron chi connectivity index (χ4n) is 2.17. The largest absolute Gasteiger partial charge is 0.493 e. The second-order valence-electron chi connectivity index (χ2n) is 5.47. The molecule has 0 aliphatic heterocycles. The van der Waals surface area contributed by atoms with Gasteiger partial charge < -0.3 is 4.74 Å². The van der Waals surface area contributed by atoms with Crippen LogP contribution in [0.15, 0.2) is 48.5 Å². The number of halogens is 1. The number of amides is 2. The zero-order valence-corrected chi connectivity index (χ0v) is 14.8. The lowest BCUT2D eigenvalue weighted by atomic mass is 10.2. The minimum Gasteiger partial charge on any atom is -0.493 e. The summed E-state index contributed by atoms with van der Waals surface area (Å²) in [6.45, 7) is 2.67. The van der Waals surface area contributed by atoms with Crippen LogP contribution in [0.25, 0.3) is 0 Å². The molecule has 0 saturated carbocycles. The predicted octanol–water partition coefficient (Wildman–Crippen LogP) is 3.98. The van der Waals surface area contributed by atoms with Crippen molar-refractivity contribution in [2.24, 2.45) is 0 Å². The van der Waals surface area contributed by atoms with Crippen molar-refractivity contribution < 1.29 is 14.3 Å². The lowest BCUT2D eigenvalue weighted by Crippen LogP contribution is -2.41. The topological polar surface area (TPSA) is 67.4 Å². The van der Waals surface area contributed by atoms with E-state index in [-0.39, 0.29) is 0 Å². The van der Waals surface area contributed by atoms with Crippen LogP contribution in [-0.2, 0) is 0 Å². The molecule has 0 fully saturated rings. The third-order valence-corrected chi connectivity index (χ3v) is 3.79. The minimum atomic E-state index is -0.437. The van der Waals surface area contributed by atoms with Gasteiger partial charge in [0.15, 0.2) is 0 Å². The van der Waals surface area contributed by atoms with Gasteiger partial charge in [-0.1, -0.05) is 43.5 Å². The zero-order chi connectivity index (χ0) is 18.1. The molecular formula is C19H21ClN2O3. The van der Waals surface area contributed by atoms with Crippen molar-refractivity contribution in [1.29, 1.82) is 0 Å². The van der Waals surface area contributed by atoms with E-state index in [1.54, 1.807) is 48.5 Å². The number of hydrogen-bond donors (Lipinski definition) is 2. The lowest BCUT2D eigenvalue weighted by Gasteiger charge is -2.12. The molecule has 0 bridgehead atoms. The molecule has 132 valence electrons. The molecule has 0 spiro atoms. The molecule has 2 rings (SSSR count). The summed E-state index contributed by atoms with van der Waals surface area (Å²) in [6.07, 6.45) is 3.10. The van der Waals surface area contributed by atoms with Gasteiger partial charge in [0, 0.05) is 10.6 Å². The molecule has 0 aromatic heterocycles. The van der Waals surface area contributed by atoms with Gasteiger partial charge in [-0.05, 0) is 42.8 Å². The van der Waals surface area contributed by atoms with E-state index >= 15 is 0 Å². The number of ether oxygens (including phenoxy) is 1. The van der Waals surface area contributed by atoms with Crippen molar-refractivity contribution in [3.8, 4) is 5.75 Å². The average molecular weight is 361 g/mol. The molecule has 0 atom stereocenters. The van der Waals surface area contributed by atoms with Gasteiger partial charge in [0.25, 0.3) is 11.8 Å². The number of nitrogens with one attached hydrogen (secondary N) is 2. The number of carbonyl (C=O) groups is 2. The maximum Gasteiger partial charge on any atom is 0.273 e. The molecule has 6 heteroatoms. The summed E-state index contributed by atoms with van der Waals surface area (Å²) in [5.41, 5.74) is 5.55. The summed E-state index contributed by atoms with van der Waals surface area (Å²) in [5.74, 6) is -0.364. The first-order valence-corrected chi connectivity index (χ1v) is 8.57. The fourth-order valence-corrected chi connectivity index (χ4v) is 2.29. The summed E-state index contributed by atoms with van der Waals surface area (Å²) >= 11 is 5.79. The summed E-state index contributed by atoms with van der Waals surface area (Å²) in [7, 11) is 0. The van der Waals surface area contributed by atoms with Gasteiger partial charge >= 0.3 is 0 Å². The quantitative estimate of drug-likeness (QED) is 0.579. The van der Waals surface area contributed by atoms with Crippen LogP contribution >= 0.6 is 11.6 Å². The summed E-state index contributed by atoms with van der Waals surface area (Å²) < 4.78 is 5.68. The van der Waals surface area contributed by atoms with Crippen LogP contribution in [0.4, 0.5) is 0 Å². The van der Waals surface area contributed by atoms with Gasteiger partial charge in [0.05, 0.1) is 12.2 Å². The molecule has 2 aromatic carbocycles. The summed E-state index contributed by atoms with van der Waals surface area (Å²) in [6, 6.07) is 13.3. The number of carbonyl (C=O) groups excluding carboxylic acids is 2. The third-order valence-electron chi connectivity index (χ3n) is 3.53. The maximum atomic E-state index is 12.3. The van der Waals surface area contributed by atoms with E-state index in [2.05, 4.69) is 17.8 Å². The predicted molar refractivity (Wildman–Crippen MR) is 97.8 cm³/mol. The van der Waals surface area contributed by atoms with Gasteiger partial charge in [-0.15, -0.1) is 0 Å². The number of hydrazine groups is 1. The van der Waals surface area contributed by atoms with Crippen LogP contribution < -0.4 is 15.6 Å². The molecule has 0 radical (unpaired) electrons. The Bertz CT molecular complexity index is 717. The normalized spacial score (nSPS) is 10.2. The highest BCUT2D eigenvalue weighted by atomic mass is 35.5. The number of benzene rings is 2. The summed E-state index contributed by atoms with van der Waals surface area (Å²) in [4.78, 5) is 24.3. The van der Waals surface area contributed by atoms with E-state index in [4.69, 9.17) is 16.3 Å². The molecule has 2 amide bonds. The molecule has 0 saturated heterocycles. The SMILES string of the molecule is CCCCCOc1ccccc1C(=O)NNC(=O)c1ccc(Cl)cc1. The Hall–Kier alpha value is -2.53. The van der Waals surface area contributed by atoms with E-state index in [1.807, 2.05) is 0 Å². The average Bonchev–Trinajstić information content (AvgIpc) is 2.64. The number of rotatable bonds is 7. The first kappa shape index (κ1) is 18.8. The van der Waals surface area contributed by atoms with E-state index in [0.717, 1.165) is 19.3 Å². The fraction of sp³-hybridized carbons (Fsp3) is 0.263. The standard InChI is InChI=1S/C19H21ClN2O3/c1-2-3-6-13-25-17-8-5-4-7-16(17)19(24)22-21-18(23)14-9-11-15(20)12-10-14/h4-5,7-12H,2-3,6,13H2,1H3,(H,21,23)(H,22,24). The van der Waals surface area contributed by atoms with Crippen molar-refractivity contribution in [2.75, 3.05) is 6.61 Å². The van der Waals surface area contributed by atoms with E-state index in [1.165, 1.54) is 0 Å². The Labute approximate surface area is 152 Å². The van der Waals surface area contributed by atoms with Gasteiger partial charge in [-0.2, -0.15) is 0 Å². The second-order valence-corrected chi connectivity index (χ2v) is 5.90. The molecule has 2 N–H and O–H groups in total. The number of para-hydroxylation sites is 1. The van der Waals surface area contributed by atoms with E-state index in [0.29, 0.717) is 28.5 Å². The van der Waals surface area contributed by atoms with Crippen molar-refractivity contribution >= 4 is 23.4 Å². The third kappa shape index (κ3) is 5.80. The highest BCUT2D eigenvalue weighted by Crippen LogP contribution is 2.18. The second kappa shape index (κ2) is 9.69. The Morgan fingerprint density at radius 2 is 1.64 bits per heavy atom. The summed E-state index contributed by atoms with van der Waals surface area (Å²) in [5, 5.41) is 0.537. The minimum absolute atomic E-state index is 0.371. The molecule has 0 aliphatic rings. The van der Waals surface area contributed by atoms with Crippen molar-refractivity contribution in [3.05, 3.63) is 64.7 Å². The highest BCUT2D eigenvalue weighted by Gasteiger charge is 2.13.